The van der Waals surface area contributed by atoms with E-state index in [2.05, 4.69) is 9.72 Å². The maximum Gasteiger partial charge on any atom is 0.425 e. The minimum atomic E-state index is -5.09. The maximum absolute atomic E-state index is 13.7. The molecule has 0 fully saturated rings. The SMILES string of the molecule is COC(=O)C1=C(C)NC(=O)C1(Nc1ccccn1)C(F)(F)F. The summed E-state index contributed by atoms with van der Waals surface area (Å²) in [6.45, 7) is 1.19. The van der Waals surface area contributed by atoms with E-state index in [9.17, 15) is 22.8 Å². The molecule has 0 spiro atoms. The van der Waals surface area contributed by atoms with Crippen molar-refractivity contribution in [2.24, 2.45) is 0 Å². The molecule has 118 valence electrons. The first-order valence-electron chi connectivity index (χ1n) is 6.11. The lowest BCUT2D eigenvalue weighted by atomic mass is 9.89. The van der Waals surface area contributed by atoms with E-state index in [0.29, 0.717) is 0 Å². The normalized spacial score (nSPS) is 21.6. The molecule has 1 amide bonds. The van der Waals surface area contributed by atoms with Crippen LogP contribution in [0.1, 0.15) is 6.92 Å². The van der Waals surface area contributed by atoms with Crippen molar-refractivity contribution in [1.29, 1.82) is 0 Å². The van der Waals surface area contributed by atoms with E-state index in [0.717, 1.165) is 7.11 Å². The molecular weight excluding hydrogens is 303 g/mol. The van der Waals surface area contributed by atoms with Gasteiger partial charge in [0.05, 0.1) is 7.11 Å². The molecule has 1 unspecified atom stereocenters. The van der Waals surface area contributed by atoms with Crippen LogP contribution in [0.25, 0.3) is 0 Å². The van der Waals surface area contributed by atoms with Crippen LogP contribution in [-0.2, 0) is 14.3 Å². The van der Waals surface area contributed by atoms with Crippen molar-refractivity contribution in [3.05, 3.63) is 35.7 Å². The highest BCUT2D eigenvalue weighted by atomic mass is 19.4. The number of aromatic nitrogens is 1. The third-order valence-electron chi connectivity index (χ3n) is 3.19. The summed E-state index contributed by atoms with van der Waals surface area (Å²) in [6, 6.07) is 4.20. The van der Waals surface area contributed by atoms with Gasteiger partial charge in [-0.2, -0.15) is 13.2 Å². The molecule has 1 atom stereocenters. The van der Waals surface area contributed by atoms with Crippen molar-refractivity contribution in [2.75, 3.05) is 12.4 Å². The van der Waals surface area contributed by atoms with Crippen LogP contribution in [0.5, 0.6) is 0 Å². The number of amides is 1. The number of carbonyl (C=O) groups excluding carboxylic acids is 2. The van der Waals surface area contributed by atoms with Crippen molar-refractivity contribution in [1.82, 2.24) is 10.3 Å². The predicted octanol–water partition coefficient (Wildman–Crippen LogP) is 1.37. The Morgan fingerprint density at radius 2 is 2.09 bits per heavy atom. The average molecular weight is 315 g/mol. The van der Waals surface area contributed by atoms with Crippen LogP contribution in [-0.4, -0.2) is 35.7 Å². The molecule has 22 heavy (non-hydrogen) atoms. The molecule has 0 saturated carbocycles. The van der Waals surface area contributed by atoms with Crippen LogP contribution >= 0.6 is 0 Å². The van der Waals surface area contributed by atoms with E-state index in [1.54, 1.807) is 0 Å². The molecule has 0 saturated heterocycles. The fraction of sp³-hybridized carbons (Fsp3) is 0.308. The number of halogens is 3. The van der Waals surface area contributed by atoms with Gasteiger partial charge in [-0.3, -0.25) is 4.79 Å². The summed E-state index contributed by atoms with van der Waals surface area (Å²) in [7, 11) is 0.938. The van der Waals surface area contributed by atoms with Gasteiger partial charge in [0, 0.05) is 11.9 Å². The lowest BCUT2D eigenvalue weighted by Crippen LogP contribution is -2.60. The molecule has 6 nitrogen and oxygen atoms in total. The van der Waals surface area contributed by atoms with Gasteiger partial charge >= 0.3 is 12.1 Å². The van der Waals surface area contributed by atoms with Gasteiger partial charge < -0.3 is 15.4 Å². The number of nitrogens with one attached hydrogen (secondary N) is 2. The molecule has 2 heterocycles. The molecule has 0 aliphatic carbocycles. The number of ether oxygens (including phenoxy) is 1. The van der Waals surface area contributed by atoms with Gasteiger partial charge in [-0.1, -0.05) is 6.07 Å². The molecule has 1 aromatic heterocycles. The van der Waals surface area contributed by atoms with Crippen molar-refractivity contribution >= 4 is 17.7 Å². The average Bonchev–Trinajstić information content (AvgIpc) is 2.70. The Bertz CT molecular complexity index is 643. The van der Waals surface area contributed by atoms with Crippen molar-refractivity contribution in [2.45, 2.75) is 18.6 Å². The number of esters is 1. The largest absolute Gasteiger partial charge is 0.466 e. The summed E-state index contributed by atoms with van der Waals surface area (Å²) in [4.78, 5) is 27.5. The van der Waals surface area contributed by atoms with E-state index in [1.165, 1.54) is 31.3 Å². The highest BCUT2D eigenvalue weighted by Gasteiger charge is 2.68. The van der Waals surface area contributed by atoms with E-state index in [4.69, 9.17) is 0 Å². The van der Waals surface area contributed by atoms with Crippen molar-refractivity contribution < 1.29 is 27.5 Å². The van der Waals surface area contributed by atoms with Crippen molar-refractivity contribution in [3.63, 3.8) is 0 Å². The summed E-state index contributed by atoms with van der Waals surface area (Å²) in [6.07, 6.45) is -3.83. The van der Waals surface area contributed by atoms with Crippen LogP contribution in [0, 0.1) is 0 Å². The Morgan fingerprint density at radius 3 is 2.59 bits per heavy atom. The number of anilines is 1. The standard InChI is InChI=1S/C13H12F3N3O3/c1-7-9(10(20)22-2)12(11(21)18-7,13(14,15)16)19-8-5-3-4-6-17-8/h3-6H,1-2H3,(H,17,19)(H,18,21). The monoisotopic (exact) mass is 315 g/mol. The first-order valence-corrected chi connectivity index (χ1v) is 6.11. The Hall–Kier alpha value is -2.58. The van der Waals surface area contributed by atoms with E-state index >= 15 is 0 Å². The summed E-state index contributed by atoms with van der Waals surface area (Å²) in [5.41, 5.74) is -4.31. The quantitative estimate of drug-likeness (QED) is 0.824. The number of alkyl halides is 3. The molecule has 1 aliphatic heterocycles. The zero-order chi connectivity index (χ0) is 16.5. The number of hydrogen-bond acceptors (Lipinski definition) is 5. The zero-order valence-corrected chi connectivity index (χ0v) is 11.6. The lowest BCUT2D eigenvalue weighted by molar-refractivity contribution is -0.178. The number of hydrogen-bond donors (Lipinski definition) is 2. The number of pyridine rings is 1. The first kappa shape index (κ1) is 15.8. The van der Waals surface area contributed by atoms with Gasteiger partial charge in [0.2, 0.25) is 5.54 Å². The topological polar surface area (TPSA) is 80.3 Å². The summed E-state index contributed by atoms with van der Waals surface area (Å²) >= 11 is 0. The number of rotatable bonds is 3. The fourth-order valence-corrected chi connectivity index (χ4v) is 2.22. The summed E-state index contributed by atoms with van der Waals surface area (Å²) in [5, 5.41) is 4.06. The molecule has 1 aromatic rings. The smallest absolute Gasteiger partial charge is 0.425 e. The third kappa shape index (κ3) is 2.28. The van der Waals surface area contributed by atoms with E-state index in [1.807, 2.05) is 10.6 Å². The molecule has 0 aromatic carbocycles. The van der Waals surface area contributed by atoms with Gasteiger partial charge in [-0.05, 0) is 19.1 Å². The van der Waals surface area contributed by atoms with Gasteiger partial charge in [-0.15, -0.1) is 0 Å². The van der Waals surface area contributed by atoms with Gasteiger partial charge in [0.15, 0.2) is 0 Å². The minimum Gasteiger partial charge on any atom is -0.466 e. The Labute approximate surface area is 123 Å². The Kier molecular flexibility index (Phi) is 3.82. The second-order valence-electron chi connectivity index (χ2n) is 4.53. The third-order valence-corrected chi connectivity index (χ3v) is 3.19. The second kappa shape index (κ2) is 5.32. The number of carbonyl (C=O) groups is 2. The molecule has 0 radical (unpaired) electrons. The van der Waals surface area contributed by atoms with Gasteiger partial charge in [0.1, 0.15) is 11.4 Å². The molecule has 9 heteroatoms. The molecular formula is C13H12F3N3O3. The van der Waals surface area contributed by atoms with Gasteiger partial charge in [-0.25, -0.2) is 9.78 Å². The van der Waals surface area contributed by atoms with Crippen LogP contribution < -0.4 is 10.6 Å². The maximum atomic E-state index is 13.7. The van der Waals surface area contributed by atoms with Crippen LogP contribution in [0.15, 0.2) is 35.7 Å². The molecule has 2 N–H and O–H groups in total. The van der Waals surface area contributed by atoms with Crippen LogP contribution in [0.3, 0.4) is 0 Å². The second-order valence-corrected chi connectivity index (χ2v) is 4.53. The van der Waals surface area contributed by atoms with Crippen LogP contribution in [0.4, 0.5) is 19.0 Å². The molecule has 2 rings (SSSR count). The highest BCUT2D eigenvalue weighted by molar-refractivity contribution is 6.10. The predicted molar refractivity (Wildman–Crippen MR) is 69.5 cm³/mol. The van der Waals surface area contributed by atoms with Crippen molar-refractivity contribution in [3.8, 4) is 0 Å². The van der Waals surface area contributed by atoms with E-state index in [-0.39, 0.29) is 11.5 Å². The first-order chi connectivity index (χ1) is 10.2. The fourth-order valence-electron chi connectivity index (χ4n) is 2.22. The number of nitrogens with zero attached hydrogens (tertiary/aromatic N) is 1. The Morgan fingerprint density at radius 1 is 1.41 bits per heavy atom. The Balaban J connectivity index is 2.63. The number of allylic oxidation sites excluding steroid dienone is 1. The summed E-state index contributed by atoms with van der Waals surface area (Å²) < 4.78 is 45.4. The molecule has 0 bridgehead atoms. The highest BCUT2D eigenvalue weighted by Crippen LogP contribution is 2.43. The number of methoxy groups -OCH3 is 1. The minimum absolute atomic E-state index is 0.203. The zero-order valence-electron chi connectivity index (χ0n) is 11.6. The lowest BCUT2D eigenvalue weighted by Gasteiger charge is -2.32. The summed E-state index contributed by atoms with van der Waals surface area (Å²) in [5.74, 6) is -2.87. The molecule has 1 aliphatic rings. The van der Waals surface area contributed by atoms with E-state index < -0.39 is 29.2 Å². The van der Waals surface area contributed by atoms with Gasteiger partial charge in [0.25, 0.3) is 5.91 Å². The van der Waals surface area contributed by atoms with Crippen LogP contribution in [0.2, 0.25) is 0 Å².